The van der Waals surface area contributed by atoms with Crippen LogP contribution in [0.5, 0.6) is 0 Å². The first kappa shape index (κ1) is 11.9. The maximum absolute atomic E-state index is 11.1. The van der Waals surface area contributed by atoms with E-state index >= 15 is 0 Å². The van der Waals surface area contributed by atoms with E-state index in [4.69, 9.17) is 16.7 Å². The van der Waals surface area contributed by atoms with Gasteiger partial charge >= 0.3 is 5.97 Å². The third-order valence-electron chi connectivity index (χ3n) is 2.48. The summed E-state index contributed by atoms with van der Waals surface area (Å²) in [7, 11) is 1.83. The Kier molecular flexibility index (Phi) is 3.31. The second kappa shape index (κ2) is 4.73. The lowest BCUT2D eigenvalue weighted by atomic mass is 10.3. The molecule has 2 aromatic rings. The first-order valence-electron chi connectivity index (χ1n) is 5.18. The summed E-state index contributed by atoms with van der Waals surface area (Å²) in [6, 6.07) is 3.33. The molecule has 0 spiro atoms. The molecule has 0 atom stereocenters. The Labute approximate surface area is 103 Å². The summed E-state index contributed by atoms with van der Waals surface area (Å²) in [5.74, 6) is -0.338. The fourth-order valence-corrected chi connectivity index (χ4v) is 1.85. The minimum Gasteiger partial charge on any atom is -0.476 e. The number of hydrogen-bond donors (Lipinski definition) is 2. The van der Waals surface area contributed by atoms with Gasteiger partial charge in [0.25, 0.3) is 0 Å². The zero-order valence-corrected chi connectivity index (χ0v) is 10.0. The normalized spacial score (nSPS) is 10.9. The van der Waals surface area contributed by atoms with E-state index in [1.165, 1.54) is 0 Å². The van der Waals surface area contributed by atoms with Gasteiger partial charge in [0.15, 0.2) is 5.69 Å². The van der Waals surface area contributed by atoms with Crippen LogP contribution in [-0.4, -0.2) is 34.1 Å². The van der Waals surface area contributed by atoms with Crippen LogP contribution in [0.15, 0.2) is 18.3 Å². The quantitative estimate of drug-likeness (QED) is 0.866. The van der Waals surface area contributed by atoms with Gasteiger partial charge in [-0.15, -0.1) is 0 Å². The lowest BCUT2D eigenvalue weighted by Crippen LogP contribution is -2.12. The van der Waals surface area contributed by atoms with E-state index in [1.54, 1.807) is 22.7 Å². The molecule has 0 aliphatic carbocycles. The molecular weight excluding hydrogens is 242 g/mol. The Morgan fingerprint density at radius 3 is 3.00 bits per heavy atom. The monoisotopic (exact) mass is 253 g/mol. The summed E-state index contributed by atoms with van der Waals surface area (Å²) in [4.78, 5) is 15.2. The van der Waals surface area contributed by atoms with Crippen LogP contribution < -0.4 is 5.32 Å². The maximum Gasteiger partial charge on any atom is 0.356 e. The molecule has 90 valence electrons. The second-order valence-electron chi connectivity index (χ2n) is 3.64. The van der Waals surface area contributed by atoms with Crippen LogP contribution >= 0.6 is 11.6 Å². The molecular formula is C11H12ClN3O2. The highest BCUT2D eigenvalue weighted by Crippen LogP contribution is 2.17. The highest BCUT2D eigenvalue weighted by Gasteiger charge is 2.16. The molecule has 0 unspecified atom stereocenters. The van der Waals surface area contributed by atoms with Gasteiger partial charge in [0.05, 0.1) is 10.5 Å². The summed E-state index contributed by atoms with van der Waals surface area (Å²) < 4.78 is 1.73. The molecule has 0 bridgehead atoms. The second-order valence-corrected chi connectivity index (χ2v) is 4.07. The molecule has 0 saturated heterocycles. The molecule has 0 radical (unpaired) electrons. The fraction of sp³-hybridized carbons (Fsp3) is 0.273. The number of carbonyl (C=O) groups is 1. The number of nitrogens with one attached hydrogen (secondary N) is 1. The number of halogens is 1. The number of hydrogen-bond acceptors (Lipinski definition) is 3. The van der Waals surface area contributed by atoms with Crippen molar-refractivity contribution in [3.63, 3.8) is 0 Å². The molecule has 0 aliphatic rings. The van der Waals surface area contributed by atoms with Crippen molar-refractivity contribution in [2.24, 2.45) is 0 Å². The SMILES string of the molecule is CNCCc1nc(C(=O)O)c2ccc(Cl)cn12. The van der Waals surface area contributed by atoms with Gasteiger partial charge in [-0.1, -0.05) is 11.6 Å². The van der Waals surface area contributed by atoms with Gasteiger partial charge in [-0.3, -0.25) is 0 Å². The molecule has 6 heteroatoms. The van der Waals surface area contributed by atoms with Crippen molar-refractivity contribution < 1.29 is 9.90 Å². The molecule has 2 heterocycles. The highest BCUT2D eigenvalue weighted by molar-refractivity contribution is 6.30. The number of carboxylic acid groups (broad SMARTS) is 1. The topological polar surface area (TPSA) is 66.6 Å². The van der Waals surface area contributed by atoms with Crippen molar-refractivity contribution in [1.29, 1.82) is 0 Å². The van der Waals surface area contributed by atoms with Gasteiger partial charge < -0.3 is 14.8 Å². The van der Waals surface area contributed by atoms with Crippen molar-refractivity contribution in [3.05, 3.63) is 34.9 Å². The molecule has 0 amide bonds. The van der Waals surface area contributed by atoms with Gasteiger partial charge in [-0.2, -0.15) is 0 Å². The number of carboxylic acids is 1. The van der Waals surface area contributed by atoms with Crippen LogP contribution in [-0.2, 0) is 6.42 Å². The number of fused-ring (bicyclic) bond motifs is 1. The van der Waals surface area contributed by atoms with Gasteiger partial charge in [-0.05, 0) is 19.2 Å². The average molecular weight is 254 g/mol. The van der Waals surface area contributed by atoms with Gasteiger partial charge in [0.1, 0.15) is 5.82 Å². The molecule has 0 saturated carbocycles. The van der Waals surface area contributed by atoms with E-state index in [0.29, 0.717) is 22.8 Å². The summed E-state index contributed by atoms with van der Waals surface area (Å²) in [6.45, 7) is 0.727. The standard InChI is InChI=1S/C11H12ClN3O2/c1-13-5-4-9-14-10(11(16)17)8-3-2-7(12)6-15(8)9/h2-3,6,13H,4-5H2,1H3,(H,16,17). The van der Waals surface area contributed by atoms with Gasteiger partial charge in [-0.25, -0.2) is 9.78 Å². The molecule has 2 aromatic heterocycles. The summed E-state index contributed by atoms with van der Waals surface area (Å²) in [5, 5.41) is 12.6. The van der Waals surface area contributed by atoms with Crippen molar-refractivity contribution in [1.82, 2.24) is 14.7 Å². The molecule has 5 nitrogen and oxygen atoms in total. The Morgan fingerprint density at radius 1 is 1.59 bits per heavy atom. The number of nitrogens with zero attached hydrogens (tertiary/aromatic N) is 2. The summed E-state index contributed by atoms with van der Waals surface area (Å²) in [6.07, 6.45) is 2.33. The number of likely N-dealkylation sites (N-methyl/N-ethyl adjacent to an activating group) is 1. The minimum atomic E-state index is -1.03. The van der Waals surface area contributed by atoms with E-state index in [0.717, 1.165) is 6.54 Å². The lowest BCUT2D eigenvalue weighted by Gasteiger charge is -2.00. The smallest absolute Gasteiger partial charge is 0.356 e. The van der Waals surface area contributed by atoms with E-state index in [-0.39, 0.29) is 5.69 Å². The van der Waals surface area contributed by atoms with Crippen LogP contribution in [0.4, 0.5) is 0 Å². The summed E-state index contributed by atoms with van der Waals surface area (Å²) in [5.41, 5.74) is 0.626. The summed E-state index contributed by atoms with van der Waals surface area (Å²) >= 11 is 5.90. The van der Waals surface area contributed by atoms with Crippen LogP contribution in [0.3, 0.4) is 0 Å². The molecule has 0 fully saturated rings. The van der Waals surface area contributed by atoms with Gasteiger partial charge in [0, 0.05) is 19.2 Å². The molecule has 2 rings (SSSR count). The van der Waals surface area contributed by atoms with E-state index in [2.05, 4.69) is 10.3 Å². The number of aromatic carboxylic acids is 1. The van der Waals surface area contributed by atoms with Gasteiger partial charge in [0.2, 0.25) is 0 Å². The molecule has 0 aliphatic heterocycles. The molecule has 17 heavy (non-hydrogen) atoms. The zero-order valence-electron chi connectivity index (χ0n) is 9.27. The predicted octanol–water partition coefficient (Wildman–Crippen LogP) is 1.45. The predicted molar refractivity (Wildman–Crippen MR) is 64.8 cm³/mol. The Morgan fingerprint density at radius 2 is 2.35 bits per heavy atom. The first-order chi connectivity index (χ1) is 8.13. The van der Waals surface area contributed by atoms with Crippen LogP contribution in [0.1, 0.15) is 16.3 Å². The Balaban J connectivity index is 2.58. The molecule has 0 aromatic carbocycles. The number of rotatable bonds is 4. The van der Waals surface area contributed by atoms with E-state index < -0.39 is 5.97 Å². The van der Waals surface area contributed by atoms with Crippen LogP contribution in [0, 0.1) is 0 Å². The number of aromatic nitrogens is 2. The van der Waals surface area contributed by atoms with Crippen molar-refractivity contribution >= 4 is 23.1 Å². The van der Waals surface area contributed by atoms with E-state index in [9.17, 15) is 4.79 Å². The first-order valence-corrected chi connectivity index (χ1v) is 5.55. The third-order valence-corrected chi connectivity index (χ3v) is 2.70. The highest BCUT2D eigenvalue weighted by atomic mass is 35.5. The van der Waals surface area contributed by atoms with Crippen molar-refractivity contribution in [3.8, 4) is 0 Å². The largest absolute Gasteiger partial charge is 0.476 e. The van der Waals surface area contributed by atoms with Crippen LogP contribution in [0.2, 0.25) is 5.02 Å². The lowest BCUT2D eigenvalue weighted by molar-refractivity contribution is 0.0693. The zero-order chi connectivity index (χ0) is 12.4. The minimum absolute atomic E-state index is 0.0627. The number of imidazole rings is 1. The van der Waals surface area contributed by atoms with E-state index in [1.807, 2.05) is 7.05 Å². The van der Waals surface area contributed by atoms with Crippen LogP contribution in [0.25, 0.3) is 5.52 Å². The van der Waals surface area contributed by atoms with Crippen molar-refractivity contribution in [2.45, 2.75) is 6.42 Å². The maximum atomic E-state index is 11.1. The van der Waals surface area contributed by atoms with Crippen molar-refractivity contribution in [2.75, 3.05) is 13.6 Å². The fourth-order valence-electron chi connectivity index (χ4n) is 1.69. The number of pyridine rings is 1. The molecule has 2 N–H and O–H groups in total. The third kappa shape index (κ3) is 2.25. The Bertz CT molecular complexity index is 565. The average Bonchev–Trinajstić information content (AvgIpc) is 2.64. The Hall–Kier alpha value is -1.59.